The van der Waals surface area contributed by atoms with Crippen molar-refractivity contribution in [2.45, 2.75) is 40.4 Å². The van der Waals surface area contributed by atoms with Crippen molar-refractivity contribution in [1.29, 1.82) is 0 Å². The summed E-state index contributed by atoms with van der Waals surface area (Å²) in [6, 6.07) is 5.11. The number of nitrogens with zero attached hydrogens (tertiary/aromatic N) is 4. The van der Waals surface area contributed by atoms with Gasteiger partial charge in [-0.3, -0.25) is 4.90 Å². The van der Waals surface area contributed by atoms with E-state index in [2.05, 4.69) is 9.97 Å². The van der Waals surface area contributed by atoms with Crippen LogP contribution in [-0.2, 0) is 6.54 Å². The number of anilines is 2. The van der Waals surface area contributed by atoms with Crippen molar-refractivity contribution in [2.75, 3.05) is 19.1 Å². The van der Waals surface area contributed by atoms with E-state index < -0.39 is 11.7 Å². The largest absolute Gasteiger partial charge is 0.497 e. The Morgan fingerprint density at radius 1 is 1.18 bits per heavy atom. The minimum Gasteiger partial charge on any atom is -0.497 e. The maximum Gasteiger partial charge on any atom is 0.412 e. The molecule has 2 aromatic rings. The summed E-state index contributed by atoms with van der Waals surface area (Å²) in [7, 11) is 3.14. The van der Waals surface area contributed by atoms with Crippen LogP contribution >= 0.6 is 0 Å². The van der Waals surface area contributed by atoms with E-state index in [4.69, 9.17) is 9.47 Å². The molecule has 0 saturated heterocycles. The maximum absolute atomic E-state index is 13.1. The van der Waals surface area contributed by atoms with Crippen molar-refractivity contribution < 1.29 is 27.4 Å². The van der Waals surface area contributed by atoms with Gasteiger partial charge in [0.1, 0.15) is 23.1 Å². The van der Waals surface area contributed by atoms with Crippen LogP contribution in [0.15, 0.2) is 48.3 Å². The highest BCUT2D eigenvalue weighted by molar-refractivity contribution is 6.02. The Balaban J connectivity index is 0.000000414. The van der Waals surface area contributed by atoms with Crippen LogP contribution in [0, 0.1) is 6.92 Å². The van der Waals surface area contributed by atoms with Crippen molar-refractivity contribution in [3.8, 4) is 11.5 Å². The number of carbonyl (C=O) groups excluding carboxylic acids is 1. The van der Waals surface area contributed by atoms with Gasteiger partial charge >= 0.3 is 12.2 Å². The molecule has 0 radical (unpaired) electrons. The summed E-state index contributed by atoms with van der Waals surface area (Å²) in [6.45, 7) is 6.50. The predicted molar refractivity (Wildman–Crippen MR) is 120 cm³/mol. The quantitative estimate of drug-likeness (QED) is 0.525. The fourth-order valence-corrected chi connectivity index (χ4v) is 2.91. The van der Waals surface area contributed by atoms with Gasteiger partial charge in [0.15, 0.2) is 0 Å². The Kier molecular flexibility index (Phi) is 8.44. The Hall–Kier alpha value is -3.56. The maximum atomic E-state index is 13.1. The summed E-state index contributed by atoms with van der Waals surface area (Å²) in [5.74, 6) is 2.34. The van der Waals surface area contributed by atoms with Gasteiger partial charge in [-0.1, -0.05) is 12.2 Å². The summed E-state index contributed by atoms with van der Waals surface area (Å²) < 4.78 is 44.9. The molecule has 1 aromatic heterocycles. The Bertz CT molecular complexity index is 1050. The second-order valence-corrected chi connectivity index (χ2v) is 7.00. The number of hydrogen-bond acceptors (Lipinski definition) is 5. The molecule has 0 saturated carbocycles. The molecule has 0 atom stereocenters. The second kappa shape index (κ2) is 10.8. The average molecular weight is 464 g/mol. The number of alkyl halides is 3. The van der Waals surface area contributed by atoms with Crippen molar-refractivity contribution in [1.82, 2.24) is 14.9 Å². The lowest BCUT2D eigenvalue weighted by Gasteiger charge is -2.34. The monoisotopic (exact) mass is 464 g/mol. The number of aromatic nitrogens is 2. The number of methoxy groups -OCH3 is 2. The molecule has 0 spiro atoms. The van der Waals surface area contributed by atoms with E-state index in [1.165, 1.54) is 6.92 Å². The summed E-state index contributed by atoms with van der Waals surface area (Å²) in [6.07, 6.45) is 2.23. The molecule has 3 rings (SSSR count). The van der Waals surface area contributed by atoms with E-state index >= 15 is 0 Å². The first-order valence-corrected chi connectivity index (χ1v) is 10.1. The molecule has 33 heavy (non-hydrogen) atoms. The number of amides is 2. The van der Waals surface area contributed by atoms with E-state index in [0.29, 0.717) is 35.4 Å². The number of allylic oxidation sites excluding steroid dienone is 3. The minimum atomic E-state index is -4.13. The zero-order valence-electron chi connectivity index (χ0n) is 19.4. The van der Waals surface area contributed by atoms with Gasteiger partial charge in [-0.2, -0.15) is 13.2 Å². The minimum absolute atomic E-state index is 0.202. The van der Waals surface area contributed by atoms with Crippen LogP contribution in [-0.4, -0.2) is 41.3 Å². The SMILES string of the molecule is C/C=C(\C)C(F)(F)F.C/C=C\N1Cc2cnc(C)nc2N(c2ccc(OC)cc2OC)C1=O. The van der Waals surface area contributed by atoms with Gasteiger partial charge in [0.05, 0.1) is 26.5 Å². The average Bonchev–Trinajstić information content (AvgIpc) is 2.79. The predicted octanol–water partition coefficient (Wildman–Crippen LogP) is 5.92. The molecule has 1 aliphatic rings. The molecule has 2 heterocycles. The number of rotatable bonds is 4. The highest BCUT2D eigenvalue weighted by atomic mass is 19.4. The topological polar surface area (TPSA) is 67.8 Å². The van der Waals surface area contributed by atoms with Gasteiger partial charge < -0.3 is 9.47 Å². The summed E-state index contributed by atoms with van der Waals surface area (Å²) in [5.41, 5.74) is 0.917. The van der Waals surface area contributed by atoms with Gasteiger partial charge in [-0.05, 0) is 39.8 Å². The third-order valence-electron chi connectivity index (χ3n) is 4.79. The summed E-state index contributed by atoms with van der Waals surface area (Å²) in [4.78, 5) is 25.0. The molecule has 0 N–H and O–H groups in total. The molecule has 0 aliphatic carbocycles. The zero-order chi connectivity index (χ0) is 24.8. The number of fused-ring (bicyclic) bond motifs is 1. The van der Waals surface area contributed by atoms with E-state index in [-0.39, 0.29) is 6.03 Å². The standard InChI is InChI=1S/C18H20N4O3.C5H7F3/c1-5-8-21-11-13-10-19-12(2)20-17(13)22(18(21)23)15-7-6-14(24-3)9-16(15)25-4;1-3-4(2)5(6,7)8/h5-10H,11H2,1-4H3;3H,1-2H3/b8-5-;4-3+. The number of halogens is 3. The molecule has 0 unspecified atom stereocenters. The lowest BCUT2D eigenvalue weighted by atomic mass is 10.1. The molecule has 7 nitrogen and oxygen atoms in total. The number of benzene rings is 1. The molecule has 178 valence electrons. The Labute approximate surface area is 191 Å². The van der Waals surface area contributed by atoms with Crippen LogP contribution in [0.3, 0.4) is 0 Å². The molecular weight excluding hydrogens is 437 g/mol. The number of hydrogen-bond donors (Lipinski definition) is 0. The lowest BCUT2D eigenvalue weighted by Crippen LogP contribution is -2.42. The van der Waals surface area contributed by atoms with Crippen LogP contribution < -0.4 is 14.4 Å². The molecule has 1 aromatic carbocycles. The number of urea groups is 1. The molecule has 1 aliphatic heterocycles. The van der Waals surface area contributed by atoms with Crippen LogP contribution in [0.25, 0.3) is 0 Å². The van der Waals surface area contributed by atoms with Crippen molar-refractivity contribution in [2.24, 2.45) is 0 Å². The number of aryl methyl sites for hydroxylation is 1. The fourth-order valence-electron chi connectivity index (χ4n) is 2.91. The summed E-state index contributed by atoms with van der Waals surface area (Å²) >= 11 is 0. The lowest BCUT2D eigenvalue weighted by molar-refractivity contribution is -0.0914. The van der Waals surface area contributed by atoms with Crippen LogP contribution in [0.5, 0.6) is 11.5 Å². The van der Waals surface area contributed by atoms with Gasteiger partial charge in [0.25, 0.3) is 0 Å². The molecule has 10 heteroatoms. The summed E-state index contributed by atoms with van der Waals surface area (Å²) in [5, 5.41) is 0. The third kappa shape index (κ3) is 6.03. The van der Waals surface area contributed by atoms with E-state index in [1.807, 2.05) is 13.0 Å². The van der Waals surface area contributed by atoms with E-state index in [9.17, 15) is 18.0 Å². The van der Waals surface area contributed by atoms with Crippen molar-refractivity contribution >= 4 is 17.5 Å². The Morgan fingerprint density at radius 2 is 1.88 bits per heavy atom. The highest BCUT2D eigenvalue weighted by Crippen LogP contribution is 2.40. The van der Waals surface area contributed by atoms with Crippen LogP contribution in [0.4, 0.5) is 29.5 Å². The smallest absolute Gasteiger partial charge is 0.412 e. The number of carbonyl (C=O) groups is 1. The van der Waals surface area contributed by atoms with E-state index in [0.717, 1.165) is 18.6 Å². The molecular formula is C23H27F3N4O3. The zero-order valence-corrected chi connectivity index (χ0v) is 19.4. The first-order chi connectivity index (χ1) is 15.6. The first kappa shape index (κ1) is 25.7. The number of ether oxygens (including phenoxy) is 2. The highest BCUT2D eigenvalue weighted by Gasteiger charge is 2.34. The van der Waals surface area contributed by atoms with Crippen LogP contribution in [0.2, 0.25) is 0 Å². The van der Waals surface area contributed by atoms with Crippen molar-refractivity contribution in [3.63, 3.8) is 0 Å². The Morgan fingerprint density at radius 3 is 2.39 bits per heavy atom. The second-order valence-electron chi connectivity index (χ2n) is 7.00. The van der Waals surface area contributed by atoms with E-state index in [1.54, 1.807) is 61.5 Å². The normalized spacial score (nSPS) is 14.1. The van der Waals surface area contributed by atoms with Gasteiger partial charge in [-0.25, -0.2) is 19.7 Å². The van der Waals surface area contributed by atoms with Crippen molar-refractivity contribution in [3.05, 3.63) is 59.7 Å². The van der Waals surface area contributed by atoms with Gasteiger partial charge in [0, 0.05) is 29.6 Å². The van der Waals surface area contributed by atoms with Crippen LogP contribution in [0.1, 0.15) is 32.2 Å². The molecule has 0 bridgehead atoms. The molecule has 2 amide bonds. The molecule has 0 fully saturated rings. The first-order valence-electron chi connectivity index (χ1n) is 10.1. The van der Waals surface area contributed by atoms with Gasteiger partial charge in [-0.15, -0.1) is 0 Å². The third-order valence-corrected chi connectivity index (χ3v) is 4.79. The fraction of sp³-hybridized carbons (Fsp3) is 0.348. The van der Waals surface area contributed by atoms with Gasteiger partial charge in [0.2, 0.25) is 0 Å².